The Hall–Kier alpha value is -0.160. The highest BCUT2D eigenvalue weighted by Crippen LogP contribution is 2.61. The predicted molar refractivity (Wildman–Crippen MR) is 319 cm³/mol. The quantitative estimate of drug-likeness (QED) is 0.105. The fraction of sp³-hybridized carbons (Fsp3) is 0.927. The molecule has 4 saturated heterocycles. The highest BCUT2D eigenvalue weighted by molar-refractivity contribution is 8.08. The molecule has 15 atom stereocenters. The van der Waals surface area contributed by atoms with Gasteiger partial charge in [-0.1, -0.05) is 68.2 Å². The van der Waals surface area contributed by atoms with Gasteiger partial charge in [0.1, 0.15) is 0 Å². The van der Waals surface area contributed by atoms with Gasteiger partial charge in [-0.25, -0.2) is 0 Å². The maximum Gasteiger partial charge on any atom is 0.404 e. The second kappa shape index (κ2) is 30.3. The molecule has 83 heavy (non-hydrogen) atoms. The van der Waals surface area contributed by atoms with Crippen LogP contribution in [0.3, 0.4) is 0 Å². The number of thioether (sulfide) groups is 8. The Morgan fingerprint density at radius 3 is 1.37 bits per heavy atom. The number of carbonyl (C=O) groups is 4. The van der Waals surface area contributed by atoms with Crippen LogP contribution in [0.15, 0.2) is 0 Å². The summed E-state index contributed by atoms with van der Waals surface area (Å²) in [6.07, 6.45) is -9.20. The molecule has 0 aromatic heterocycles. The number of halogens is 12. The Kier molecular flexibility index (Phi) is 27.5. The molecule has 3 saturated carbocycles. The normalized spacial score (nSPS) is 32.9. The third kappa shape index (κ3) is 19.0. The Bertz CT molecular complexity index is 2100. The van der Waals surface area contributed by atoms with Gasteiger partial charge in [-0.05, 0) is 116 Å². The minimum absolute atomic E-state index is 0.106. The van der Waals surface area contributed by atoms with Gasteiger partial charge >= 0.3 is 48.6 Å². The zero-order chi connectivity index (χ0) is 63.0. The minimum Gasteiger partial charge on any atom is -0.450 e. The lowest BCUT2D eigenvalue weighted by atomic mass is 9.87. The van der Waals surface area contributed by atoms with Gasteiger partial charge in [-0.2, -0.15) is 88.0 Å². The fourth-order valence-electron chi connectivity index (χ4n) is 9.71. The van der Waals surface area contributed by atoms with Gasteiger partial charge in [-0.15, -0.1) is 58.8 Å². The van der Waals surface area contributed by atoms with Crippen molar-refractivity contribution in [3.63, 3.8) is 0 Å². The van der Waals surface area contributed by atoms with Crippen LogP contribution >= 0.6 is 94.1 Å². The van der Waals surface area contributed by atoms with E-state index in [1.54, 1.807) is 47.0 Å². The zero-order valence-corrected chi connectivity index (χ0v) is 55.8. The molecule has 7 rings (SSSR count). The first-order valence-corrected chi connectivity index (χ1v) is 36.3. The molecular weight excluding hydrogens is 1270 g/mol. The number of fused-ring (bicyclic) bond motifs is 3. The van der Waals surface area contributed by atoms with Gasteiger partial charge in [0.05, 0.1) is 5.25 Å². The van der Waals surface area contributed by atoms with Crippen molar-refractivity contribution in [1.82, 2.24) is 0 Å². The first-order chi connectivity index (χ1) is 38.1. The van der Waals surface area contributed by atoms with Gasteiger partial charge in [0.25, 0.3) is 0 Å². The Morgan fingerprint density at radius 2 is 0.892 bits per heavy atom. The summed E-state index contributed by atoms with van der Waals surface area (Å²) < 4.78 is 178. The Morgan fingerprint density at radius 1 is 0.470 bits per heavy atom. The van der Waals surface area contributed by atoms with Gasteiger partial charge in [0, 0.05) is 54.5 Å². The molecule has 0 aromatic rings. The van der Waals surface area contributed by atoms with E-state index in [1.807, 2.05) is 18.7 Å². The highest BCUT2D eigenvalue weighted by Gasteiger charge is 2.63. The summed E-state index contributed by atoms with van der Waals surface area (Å²) in [5.74, 6) is -1.19. The Labute approximate surface area is 516 Å². The number of alkyl halides is 12. The predicted octanol–water partition coefficient (Wildman–Crippen LogP) is 18.2. The molecule has 4 aliphatic heterocycles. The van der Waals surface area contributed by atoms with Crippen molar-refractivity contribution >= 4 is 118 Å². The van der Waals surface area contributed by atoms with Crippen molar-refractivity contribution in [2.75, 3.05) is 28.8 Å². The van der Waals surface area contributed by atoms with E-state index in [0.29, 0.717) is 49.9 Å². The van der Waals surface area contributed by atoms with E-state index in [0.717, 1.165) is 84.1 Å². The summed E-state index contributed by atoms with van der Waals surface area (Å²) in [5.41, 5.74) is -11.0. The summed E-state index contributed by atoms with van der Waals surface area (Å²) in [6.45, 7) is 17.5. The molecule has 8 nitrogen and oxygen atoms in total. The third-order valence-corrected chi connectivity index (χ3v) is 30.2. The van der Waals surface area contributed by atoms with Gasteiger partial charge in [0.15, 0.2) is 42.9 Å². The number of carbonyl (C=O) groups excluding carboxylic acids is 4. The molecule has 28 heteroatoms. The van der Waals surface area contributed by atoms with Crippen molar-refractivity contribution in [1.29, 1.82) is 0 Å². The van der Waals surface area contributed by atoms with Crippen LogP contribution in [0, 0.1) is 27.1 Å². The van der Waals surface area contributed by atoms with Crippen LogP contribution in [0.25, 0.3) is 0 Å². The lowest BCUT2D eigenvalue weighted by Crippen LogP contribution is -2.50. The van der Waals surface area contributed by atoms with Crippen LogP contribution in [-0.4, -0.2) is 135 Å². The first-order valence-electron chi connectivity index (χ1n) is 28.3. The van der Waals surface area contributed by atoms with Gasteiger partial charge in [-0.3, -0.25) is 19.2 Å². The van der Waals surface area contributed by atoms with Crippen LogP contribution in [0.4, 0.5) is 52.7 Å². The molecule has 0 amide bonds. The standard InChI is InChI=1S/C16H23F3O2S2.C13H19F3O2S2.2C13H21F3O2S2/c1-3-14(2,16(17,18)19)13(20)21-15-9-5-8-12(15)22-10-6-4-7-11(10)23-15;1-3-12(2,13(14,15)16)11(17)18-10-7-19-8-5-4-6-9(8)20-10;1-5-12(4,13(14,15)16)10(17)18-9-6-19-7-11(2,3)8-20-9;1-5-12(4,13(14,15)16)11(17)18-10-7-19-8(2)6-9(3)20-10/h10-12H,3-9H2,1-2H3;8-10H,3-7H2,1-2H3;9H,5-8H2,1-4H3;8-10H,5-7H2,1-4H3. The van der Waals surface area contributed by atoms with E-state index in [2.05, 4.69) is 20.8 Å². The van der Waals surface area contributed by atoms with E-state index < -0.39 is 91.5 Å². The second-order valence-corrected chi connectivity index (χ2v) is 34.8. The lowest BCUT2D eigenvalue weighted by Gasteiger charge is -2.44. The molecule has 3 aliphatic carbocycles. The molecule has 0 aromatic carbocycles. The van der Waals surface area contributed by atoms with E-state index in [-0.39, 0.29) is 41.6 Å². The van der Waals surface area contributed by atoms with Gasteiger partial charge in [0.2, 0.25) is 0 Å². The molecular formula is C55H84F12O8S8. The summed E-state index contributed by atoms with van der Waals surface area (Å²) in [4.78, 5) is 47.5. The molecule has 7 fully saturated rings. The molecule has 0 radical (unpaired) electrons. The number of hydrogen-bond donors (Lipinski definition) is 0. The Balaban J connectivity index is 0.000000238. The van der Waals surface area contributed by atoms with Crippen molar-refractivity contribution in [2.45, 2.75) is 256 Å². The molecule has 0 spiro atoms. The highest BCUT2D eigenvalue weighted by atomic mass is 32.2. The number of esters is 4. The number of ether oxygens (including phenoxy) is 4. The van der Waals surface area contributed by atoms with Crippen molar-refractivity contribution in [3.05, 3.63) is 0 Å². The topological polar surface area (TPSA) is 105 Å². The number of rotatable bonds is 12. The lowest BCUT2D eigenvalue weighted by molar-refractivity contribution is -0.235. The monoisotopic (exact) mass is 1360 g/mol. The van der Waals surface area contributed by atoms with Crippen LogP contribution in [0.2, 0.25) is 0 Å². The maximum atomic E-state index is 13.4. The van der Waals surface area contributed by atoms with Crippen LogP contribution in [-0.2, 0) is 38.1 Å². The van der Waals surface area contributed by atoms with Crippen molar-refractivity contribution in [3.8, 4) is 0 Å². The van der Waals surface area contributed by atoms with Crippen molar-refractivity contribution < 1.29 is 90.8 Å². The number of hydrogen-bond acceptors (Lipinski definition) is 16. The summed E-state index contributed by atoms with van der Waals surface area (Å²) in [6, 6.07) is 0. The van der Waals surface area contributed by atoms with E-state index in [9.17, 15) is 71.9 Å². The average molecular weight is 1360 g/mol. The largest absolute Gasteiger partial charge is 0.450 e. The van der Waals surface area contributed by atoms with Crippen LogP contribution < -0.4 is 0 Å². The van der Waals surface area contributed by atoms with E-state index in [1.165, 1.54) is 75.8 Å². The summed E-state index contributed by atoms with van der Waals surface area (Å²) in [7, 11) is 0. The van der Waals surface area contributed by atoms with Crippen molar-refractivity contribution in [2.24, 2.45) is 27.1 Å². The SMILES string of the molecule is CCC(C)(C(=O)OC12CCCC1SC1CCCC1S2)C(F)(F)F.CCC(C)(C(=O)OC1CSC(C)CC(C)S1)C(F)(F)F.CCC(C)(C(=O)OC1CSC2CCCC2S1)C(F)(F)F.CCC(C)(C(=O)OC1CSCC(C)(C)CS1)C(F)(F)F. The first kappa shape index (κ1) is 75.3. The summed E-state index contributed by atoms with van der Waals surface area (Å²) in [5, 5.41) is 2.85. The average Bonchev–Trinajstić information content (AvgIpc) is 4.19. The smallest absolute Gasteiger partial charge is 0.404 e. The molecule has 484 valence electrons. The van der Waals surface area contributed by atoms with E-state index in [4.69, 9.17) is 18.9 Å². The van der Waals surface area contributed by atoms with E-state index >= 15 is 0 Å². The third-order valence-electron chi connectivity index (χ3n) is 16.8. The molecule has 15 unspecified atom stereocenters. The molecule has 4 heterocycles. The molecule has 7 aliphatic rings. The maximum absolute atomic E-state index is 13.4. The molecule has 0 N–H and O–H groups in total. The van der Waals surface area contributed by atoms with Gasteiger partial charge < -0.3 is 18.9 Å². The fourth-order valence-corrected chi connectivity index (χ4v) is 22.6. The second-order valence-electron chi connectivity index (χ2n) is 23.9. The van der Waals surface area contributed by atoms with Crippen LogP contribution in [0.1, 0.15) is 173 Å². The zero-order valence-electron chi connectivity index (χ0n) is 49.3. The summed E-state index contributed by atoms with van der Waals surface area (Å²) >= 11 is 12.9. The minimum atomic E-state index is -4.58. The molecule has 0 bridgehead atoms. The van der Waals surface area contributed by atoms with Crippen LogP contribution in [0.5, 0.6) is 0 Å².